The van der Waals surface area contributed by atoms with Crippen LogP contribution in [0.5, 0.6) is 0 Å². The maximum absolute atomic E-state index is 13.3. The Balaban J connectivity index is 1.82. The largest absolute Gasteiger partial charge is 0.480 e. The highest BCUT2D eigenvalue weighted by atomic mass is 32.2. The average molecular weight is 541 g/mol. The Kier molecular flexibility index (Phi) is 12.6. The summed E-state index contributed by atoms with van der Waals surface area (Å²) in [5, 5.41) is 15.8. The molecule has 0 heterocycles. The molecule has 1 aliphatic rings. The van der Waals surface area contributed by atoms with E-state index in [1.165, 1.54) is 32.1 Å². The smallest absolute Gasteiger partial charge is 0.326 e. The SMILES string of the molecule is CCNCC(CC1CCCCC1)OCc1ccc(C(=O)N[C@@H](CCSC)C(=O)O)c(-c2ccccc2C)c1. The fourth-order valence-electron chi connectivity index (χ4n) is 5.23. The van der Waals surface area contributed by atoms with Crippen LogP contribution >= 0.6 is 11.8 Å². The van der Waals surface area contributed by atoms with E-state index in [-0.39, 0.29) is 12.0 Å². The summed E-state index contributed by atoms with van der Waals surface area (Å²) in [6.07, 6.45) is 10.1. The first kappa shape index (κ1) is 30.2. The number of ether oxygens (including phenoxy) is 1. The first-order valence-electron chi connectivity index (χ1n) is 14.0. The normalized spacial score (nSPS) is 15.7. The maximum atomic E-state index is 13.3. The lowest BCUT2D eigenvalue weighted by atomic mass is 9.85. The van der Waals surface area contributed by atoms with Crippen molar-refractivity contribution in [3.05, 3.63) is 59.2 Å². The Morgan fingerprint density at radius 3 is 2.55 bits per heavy atom. The van der Waals surface area contributed by atoms with Crippen LogP contribution in [0, 0.1) is 12.8 Å². The molecule has 1 saturated carbocycles. The van der Waals surface area contributed by atoms with Gasteiger partial charge in [0, 0.05) is 12.1 Å². The number of carboxylic acid groups (broad SMARTS) is 1. The molecule has 0 spiro atoms. The van der Waals surface area contributed by atoms with Gasteiger partial charge in [0.25, 0.3) is 5.91 Å². The van der Waals surface area contributed by atoms with Crippen molar-refractivity contribution in [1.29, 1.82) is 0 Å². The zero-order chi connectivity index (χ0) is 27.3. The third kappa shape index (κ3) is 9.14. The lowest BCUT2D eigenvalue weighted by Gasteiger charge is -2.27. The van der Waals surface area contributed by atoms with E-state index in [2.05, 4.69) is 17.6 Å². The molecular formula is C31H44N2O4S. The average Bonchev–Trinajstić information content (AvgIpc) is 2.93. The Bertz CT molecular complexity index is 1040. The molecule has 3 N–H and O–H groups in total. The lowest BCUT2D eigenvalue weighted by molar-refractivity contribution is -0.139. The molecule has 38 heavy (non-hydrogen) atoms. The molecule has 2 aromatic rings. The number of thioether (sulfide) groups is 1. The molecule has 208 valence electrons. The maximum Gasteiger partial charge on any atom is 0.326 e. The number of hydrogen-bond acceptors (Lipinski definition) is 5. The standard InChI is InChI=1S/C31H44N2O4S/c1-4-32-20-25(18-23-11-6-5-7-12-23)37-21-24-14-15-27(28(19-24)26-13-9-8-10-22(26)2)30(34)33-29(31(35)36)16-17-38-3/h8-10,13-15,19,23,25,29,32H,4-7,11-12,16-18,20-21H2,1-3H3,(H,33,34)(H,35,36)/t25?,29-/m0/s1. The van der Waals surface area contributed by atoms with Gasteiger partial charge < -0.3 is 20.5 Å². The van der Waals surface area contributed by atoms with Crippen LogP contribution < -0.4 is 10.6 Å². The molecule has 3 rings (SSSR count). The van der Waals surface area contributed by atoms with Gasteiger partial charge in [-0.15, -0.1) is 0 Å². The minimum Gasteiger partial charge on any atom is -0.480 e. The first-order chi connectivity index (χ1) is 18.4. The van der Waals surface area contributed by atoms with Crippen LogP contribution in [0.3, 0.4) is 0 Å². The number of aliphatic carboxylic acids is 1. The Morgan fingerprint density at radius 1 is 1.11 bits per heavy atom. The van der Waals surface area contributed by atoms with E-state index < -0.39 is 12.0 Å². The second kappa shape index (κ2) is 15.9. The molecule has 0 saturated heterocycles. The minimum atomic E-state index is -1.01. The summed E-state index contributed by atoms with van der Waals surface area (Å²) in [6, 6.07) is 12.8. The van der Waals surface area contributed by atoms with E-state index in [1.54, 1.807) is 11.8 Å². The Labute approximate surface area is 232 Å². The van der Waals surface area contributed by atoms with Gasteiger partial charge in [-0.3, -0.25) is 4.79 Å². The molecule has 1 unspecified atom stereocenters. The molecule has 0 bridgehead atoms. The van der Waals surface area contributed by atoms with Crippen molar-refractivity contribution < 1.29 is 19.4 Å². The van der Waals surface area contributed by atoms with Gasteiger partial charge in [-0.05, 0) is 78.6 Å². The quantitative estimate of drug-likeness (QED) is 0.254. The first-order valence-corrected chi connectivity index (χ1v) is 15.4. The van der Waals surface area contributed by atoms with Gasteiger partial charge in [-0.2, -0.15) is 11.8 Å². The molecule has 0 radical (unpaired) electrons. The van der Waals surface area contributed by atoms with Crippen molar-refractivity contribution >= 4 is 23.6 Å². The summed E-state index contributed by atoms with van der Waals surface area (Å²) in [5.41, 5.74) is 4.29. The third-order valence-corrected chi connectivity index (χ3v) is 8.05. The predicted molar refractivity (Wildman–Crippen MR) is 157 cm³/mol. The van der Waals surface area contributed by atoms with Gasteiger partial charge in [0.2, 0.25) is 0 Å². The molecule has 1 amide bonds. The van der Waals surface area contributed by atoms with Crippen LogP contribution in [0.1, 0.15) is 73.4 Å². The number of likely N-dealkylation sites (N-methyl/N-ethyl adjacent to an activating group) is 1. The molecule has 0 aromatic heterocycles. The topological polar surface area (TPSA) is 87.7 Å². The van der Waals surface area contributed by atoms with Gasteiger partial charge in [0.15, 0.2) is 0 Å². The van der Waals surface area contributed by atoms with Crippen molar-refractivity contribution in [3.63, 3.8) is 0 Å². The molecule has 1 aliphatic carbocycles. The highest BCUT2D eigenvalue weighted by Crippen LogP contribution is 2.30. The fourth-order valence-corrected chi connectivity index (χ4v) is 5.70. The van der Waals surface area contributed by atoms with Crippen molar-refractivity contribution in [2.45, 2.75) is 77.5 Å². The molecule has 0 aliphatic heterocycles. The van der Waals surface area contributed by atoms with Crippen molar-refractivity contribution in [1.82, 2.24) is 10.6 Å². The van der Waals surface area contributed by atoms with Crippen molar-refractivity contribution in [2.24, 2.45) is 5.92 Å². The summed E-state index contributed by atoms with van der Waals surface area (Å²) < 4.78 is 6.45. The zero-order valence-corrected chi connectivity index (χ0v) is 23.9. The zero-order valence-electron chi connectivity index (χ0n) is 23.1. The monoisotopic (exact) mass is 540 g/mol. The van der Waals surface area contributed by atoms with E-state index in [9.17, 15) is 14.7 Å². The third-order valence-electron chi connectivity index (χ3n) is 7.41. The fraction of sp³-hybridized carbons (Fsp3) is 0.548. The van der Waals surface area contributed by atoms with Gasteiger partial charge in [0.1, 0.15) is 6.04 Å². The van der Waals surface area contributed by atoms with Crippen molar-refractivity contribution in [2.75, 3.05) is 25.1 Å². The number of rotatable bonds is 15. The number of carbonyl (C=O) groups excluding carboxylic acids is 1. The van der Waals surface area contributed by atoms with E-state index in [0.29, 0.717) is 24.3 Å². The van der Waals surface area contributed by atoms with Gasteiger partial charge in [0.05, 0.1) is 12.7 Å². The summed E-state index contributed by atoms with van der Waals surface area (Å²) in [7, 11) is 0. The summed E-state index contributed by atoms with van der Waals surface area (Å²) in [4.78, 5) is 25.1. The van der Waals surface area contributed by atoms with E-state index in [1.807, 2.05) is 55.6 Å². The molecule has 1 fully saturated rings. The van der Waals surface area contributed by atoms with Crippen LogP contribution in [0.4, 0.5) is 0 Å². The van der Waals surface area contributed by atoms with Crippen LogP contribution in [-0.2, 0) is 16.1 Å². The summed E-state index contributed by atoms with van der Waals surface area (Å²) in [5.74, 6) is 0.00740. The molecule has 6 nitrogen and oxygen atoms in total. The lowest BCUT2D eigenvalue weighted by Crippen LogP contribution is -2.41. The highest BCUT2D eigenvalue weighted by molar-refractivity contribution is 7.98. The number of nitrogens with one attached hydrogen (secondary N) is 2. The number of amides is 1. The van der Waals surface area contributed by atoms with E-state index >= 15 is 0 Å². The van der Waals surface area contributed by atoms with Gasteiger partial charge in [-0.25, -0.2) is 4.79 Å². The number of carbonyl (C=O) groups is 2. The highest BCUT2D eigenvalue weighted by Gasteiger charge is 2.23. The summed E-state index contributed by atoms with van der Waals surface area (Å²) >= 11 is 1.56. The second-order valence-electron chi connectivity index (χ2n) is 10.3. The van der Waals surface area contributed by atoms with Gasteiger partial charge in [-0.1, -0.05) is 69.4 Å². The molecule has 7 heteroatoms. The van der Waals surface area contributed by atoms with E-state index in [0.717, 1.165) is 47.7 Å². The van der Waals surface area contributed by atoms with Crippen molar-refractivity contribution in [3.8, 4) is 11.1 Å². The number of carboxylic acids is 1. The van der Waals surface area contributed by atoms with Crippen LogP contribution in [-0.4, -0.2) is 54.2 Å². The number of benzene rings is 2. The Hall–Kier alpha value is -2.35. The van der Waals surface area contributed by atoms with Crippen LogP contribution in [0.15, 0.2) is 42.5 Å². The van der Waals surface area contributed by atoms with Crippen LogP contribution in [0.25, 0.3) is 11.1 Å². The molecule has 2 aromatic carbocycles. The molecule has 2 atom stereocenters. The van der Waals surface area contributed by atoms with Gasteiger partial charge >= 0.3 is 5.97 Å². The second-order valence-corrected chi connectivity index (χ2v) is 11.3. The number of aryl methyl sites for hydroxylation is 1. The summed E-state index contributed by atoms with van der Waals surface area (Å²) in [6.45, 7) is 6.36. The number of hydrogen-bond donors (Lipinski definition) is 3. The minimum absolute atomic E-state index is 0.149. The molecular weight excluding hydrogens is 496 g/mol. The van der Waals surface area contributed by atoms with E-state index in [4.69, 9.17) is 4.74 Å². The van der Waals surface area contributed by atoms with Crippen LogP contribution in [0.2, 0.25) is 0 Å². The Morgan fingerprint density at radius 2 is 1.87 bits per heavy atom. The predicted octanol–water partition coefficient (Wildman–Crippen LogP) is 6.06.